The zero-order chi connectivity index (χ0) is 17.4. The van der Waals surface area contributed by atoms with Crippen LogP contribution in [0.5, 0.6) is 0 Å². The highest BCUT2D eigenvalue weighted by atomic mass is 32.2. The number of fused-ring (bicyclic) bond motifs is 1. The second kappa shape index (κ2) is 6.46. The lowest BCUT2D eigenvalue weighted by Crippen LogP contribution is -2.39. The lowest BCUT2D eigenvalue weighted by molar-refractivity contribution is 0.601. The predicted octanol–water partition coefficient (Wildman–Crippen LogP) is 3.10. The SMILES string of the molecule is O=S1(=O)C[C@H]2N=C(SCc3cccc(F)c3)N(c3ccccc3)[C@H]2C1. The summed E-state index contributed by atoms with van der Waals surface area (Å²) < 4.78 is 37.4. The Labute approximate surface area is 150 Å². The summed E-state index contributed by atoms with van der Waals surface area (Å²) in [4.78, 5) is 6.70. The molecule has 0 aromatic heterocycles. The average molecular weight is 376 g/mol. The van der Waals surface area contributed by atoms with Crippen LogP contribution >= 0.6 is 11.8 Å². The molecule has 1 fully saturated rings. The number of benzene rings is 2. The van der Waals surface area contributed by atoms with Gasteiger partial charge in [0.15, 0.2) is 15.0 Å². The number of hydrogen-bond acceptors (Lipinski definition) is 5. The largest absolute Gasteiger partial charge is 0.315 e. The van der Waals surface area contributed by atoms with Crippen LogP contribution in [0.15, 0.2) is 59.6 Å². The van der Waals surface area contributed by atoms with E-state index in [1.807, 2.05) is 41.3 Å². The van der Waals surface area contributed by atoms with E-state index < -0.39 is 9.84 Å². The van der Waals surface area contributed by atoms with Crippen LogP contribution in [-0.2, 0) is 15.6 Å². The third-order valence-electron chi connectivity index (χ3n) is 4.40. The molecule has 0 aliphatic carbocycles. The molecule has 0 bridgehead atoms. The fraction of sp³-hybridized carbons (Fsp3) is 0.278. The van der Waals surface area contributed by atoms with Gasteiger partial charge in [-0.3, -0.25) is 4.99 Å². The Bertz CT molecular complexity index is 916. The first-order valence-electron chi connectivity index (χ1n) is 8.02. The maximum absolute atomic E-state index is 13.4. The molecule has 0 spiro atoms. The molecule has 4 nitrogen and oxygen atoms in total. The van der Waals surface area contributed by atoms with Crippen LogP contribution in [0.1, 0.15) is 5.56 Å². The van der Waals surface area contributed by atoms with Crippen molar-refractivity contribution < 1.29 is 12.8 Å². The van der Waals surface area contributed by atoms with Gasteiger partial charge in [-0.2, -0.15) is 0 Å². The molecule has 130 valence electrons. The second-order valence-electron chi connectivity index (χ2n) is 6.25. The quantitative estimate of drug-likeness (QED) is 0.826. The Morgan fingerprint density at radius 1 is 1.12 bits per heavy atom. The van der Waals surface area contributed by atoms with E-state index in [1.165, 1.54) is 23.9 Å². The zero-order valence-corrected chi connectivity index (χ0v) is 15.0. The fourth-order valence-corrected chi connectivity index (χ4v) is 6.21. The van der Waals surface area contributed by atoms with E-state index in [9.17, 15) is 12.8 Å². The summed E-state index contributed by atoms with van der Waals surface area (Å²) in [6.07, 6.45) is 0. The Morgan fingerprint density at radius 3 is 2.68 bits per heavy atom. The molecule has 2 atom stereocenters. The molecule has 0 unspecified atom stereocenters. The maximum Gasteiger partial charge on any atom is 0.164 e. The Balaban J connectivity index is 1.60. The number of sulfone groups is 1. The molecule has 2 aliphatic rings. The molecule has 0 radical (unpaired) electrons. The summed E-state index contributed by atoms with van der Waals surface area (Å²) in [5, 5.41) is 0.806. The Kier molecular flexibility index (Phi) is 4.29. The fourth-order valence-electron chi connectivity index (χ4n) is 3.30. The van der Waals surface area contributed by atoms with Crippen molar-refractivity contribution >= 4 is 32.5 Å². The molecule has 7 heteroatoms. The summed E-state index contributed by atoms with van der Waals surface area (Å²) in [6.45, 7) is 0. The first-order valence-corrected chi connectivity index (χ1v) is 10.8. The number of para-hydroxylation sites is 1. The van der Waals surface area contributed by atoms with Gasteiger partial charge < -0.3 is 4.90 Å². The molecule has 1 saturated heterocycles. The highest BCUT2D eigenvalue weighted by Crippen LogP contribution is 2.35. The van der Waals surface area contributed by atoms with Crippen LogP contribution in [-0.4, -0.2) is 37.2 Å². The highest BCUT2D eigenvalue weighted by Gasteiger charge is 2.47. The van der Waals surface area contributed by atoms with Gasteiger partial charge in [0.2, 0.25) is 0 Å². The monoisotopic (exact) mass is 376 g/mol. The minimum absolute atomic E-state index is 0.102. The predicted molar refractivity (Wildman–Crippen MR) is 100 cm³/mol. The molecule has 2 aromatic rings. The van der Waals surface area contributed by atoms with Gasteiger partial charge in [-0.1, -0.05) is 42.1 Å². The van der Waals surface area contributed by atoms with Crippen LogP contribution in [0.4, 0.5) is 10.1 Å². The van der Waals surface area contributed by atoms with Gasteiger partial charge in [-0.05, 0) is 29.8 Å². The van der Waals surface area contributed by atoms with E-state index in [1.54, 1.807) is 6.07 Å². The maximum atomic E-state index is 13.4. The van der Waals surface area contributed by atoms with Crippen molar-refractivity contribution in [1.82, 2.24) is 0 Å². The van der Waals surface area contributed by atoms with Gasteiger partial charge in [0.1, 0.15) is 5.82 Å². The molecule has 2 aliphatic heterocycles. The van der Waals surface area contributed by atoms with E-state index in [0.29, 0.717) is 5.75 Å². The van der Waals surface area contributed by atoms with E-state index in [4.69, 9.17) is 0 Å². The molecule has 0 amide bonds. The van der Waals surface area contributed by atoms with Crippen LogP contribution < -0.4 is 4.90 Å². The smallest absolute Gasteiger partial charge is 0.164 e. The summed E-state index contributed by atoms with van der Waals surface area (Å²) in [7, 11) is -3.05. The number of anilines is 1. The van der Waals surface area contributed by atoms with Crippen molar-refractivity contribution in [3.05, 3.63) is 66.0 Å². The second-order valence-corrected chi connectivity index (χ2v) is 9.34. The number of halogens is 1. The molecule has 0 saturated carbocycles. The van der Waals surface area contributed by atoms with Crippen LogP contribution in [0.2, 0.25) is 0 Å². The summed E-state index contributed by atoms with van der Waals surface area (Å²) in [5.41, 5.74) is 1.82. The highest BCUT2D eigenvalue weighted by molar-refractivity contribution is 8.13. The molecule has 4 rings (SSSR count). The molecular weight excluding hydrogens is 359 g/mol. The van der Waals surface area contributed by atoms with E-state index >= 15 is 0 Å². The van der Waals surface area contributed by atoms with Crippen molar-refractivity contribution in [2.75, 3.05) is 16.4 Å². The molecule has 0 N–H and O–H groups in total. The van der Waals surface area contributed by atoms with Crippen LogP contribution in [0.3, 0.4) is 0 Å². The number of nitrogens with zero attached hydrogens (tertiary/aromatic N) is 2. The van der Waals surface area contributed by atoms with Gasteiger partial charge in [-0.25, -0.2) is 12.8 Å². The van der Waals surface area contributed by atoms with Gasteiger partial charge in [0.05, 0.1) is 23.6 Å². The van der Waals surface area contributed by atoms with Crippen molar-refractivity contribution in [1.29, 1.82) is 0 Å². The summed E-state index contributed by atoms with van der Waals surface area (Å²) >= 11 is 1.52. The van der Waals surface area contributed by atoms with Crippen molar-refractivity contribution in [3.8, 4) is 0 Å². The first kappa shape index (κ1) is 16.6. The van der Waals surface area contributed by atoms with E-state index in [2.05, 4.69) is 4.99 Å². The third kappa shape index (κ3) is 3.43. The van der Waals surface area contributed by atoms with Gasteiger partial charge >= 0.3 is 0 Å². The molecule has 2 aromatic carbocycles. The van der Waals surface area contributed by atoms with Gasteiger partial charge in [-0.15, -0.1) is 0 Å². The number of amidine groups is 1. The van der Waals surface area contributed by atoms with Crippen LogP contribution in [0.25, 0.3) is 0 Å². The minimum atomic E-state index is -3.05. The molecular formula is C18H17FN2O2S2. The zero-order valence-electron chi connectivity index (χ0n) is 13.4. The van der Waals surface area contributed by atoms with Crippen molar-refractivity contribution in [3.63, 3.8) is 0 Å². The average Bonchev–Trinajstić information content (AvgIpc) is 3.05. The standard InChI is InChI=1S/C18H17FN2O2S2/c19-14-6-4-5-13(9-14)10-24-18-20-16-11-25(22,23)12-17(16)21(18)15-7-2-1-3-8-15/h1-9,16-17H,10-12H2/t16-,17+/m1/s1. The van der Waals surface area contributed by atoms with Crippen molar-refractivity contribution in [2.45, 2.75) is 17.8 Å². The lowest BCUT2D eigenvalue weighted by Gasteiger charge is -2.26. The molecule has 2 heterocycles. The van der Waals surface area contributed by atoms with Crippen molar-refractivity contribution in [2.24, 2.45) is 4.99 Å². The van der Waals surface area contributed by atoms with E-state index in [-0.39, 0.29) is 29.4 Å². The molecule has 25 heavy (non-hydrogen) atoms. The first-order chi connectivity index (χ1) is 12.0. The normalized spacial score (nSPS) is 24.2. The van der Waals surface area contributed by atoms with Gasteiger partial charge in [0, 0.05) is 11.4 Å². The number of aliphatic imine (C=N–C) groups is 1. The summed E-state index contributed by atoms with van der Waals surface area (Å²) in [6, 6.07) is 15.9. The lowest BCUT2D eigenvalue weighted by atomic mass is 10.1. The number of rotatable bonds is 3. The van der Waals surface area contributed by atoms with E-state index in [0.717, 1.165) is 16.4 Å². The Hall–Kier alpha value is -1.86. The minimum Gasteiger partial charge on any atom is -0.315 e. The number of hydrogen-bond donors (Lipinski definition) is 0. The van der Waals surface area contributed by atoms with Gasteiger partial charge in [0.25, 0.3) is 0 Å². The number of thioether (sulfide) groups is 1. The summed E-state index contributed by atoms with van der Waals surface area (Å²) in [5.74, 6) is 0.561. The third-order valence-corrected chi connectivity index (χ3v) is 7.14. The Morgan fingerprint density at radius 2 is 1.92 bits per heavy atom. The topological polar surface area (TPSA) is 49.7 Å². The van der Waals surface area contributed by atoms with Crippen LogP contribution in [0, 0.1) is 5.82 Å².